The van der Waals surface area contributed by atoms with Crippen molar-refractivity contribution in [2.45, 2.75) is 6.54 Å². The van der Waals surface area contributed by atoms with Crippen LogP contribution in [0.1, 0.15) is 5.82 Å². The Morgan fingerprint density at radius 2 is 2.20 bits per heavy atom. The molecule has 0 radical (unpaired) electrons. The summed E-state index contributed by atoms with van der Waals surface area (Å²) in [6.07, 6.45) is 3.01. The van der Waals surface area contributed by atoms with Crippen LogP contribution in [0.4, 0.5) is 10.1 Å². The Balaban J connectivity index is 1.73. The summed E-state index contributed by atoms with van der Waals surface area (Å²) in [7, 11) is 0. The smallest absolute Gasteiger partial charge is 0.261 e. The lowest BCUT2D eigenvalue weighted by atomic mass is 10.3. The molecule has 7 heteroatoms. The van der Waals surface area contributed by atoms with E-state index in [1.54, 1.807) is 12.1 Å². The van der Waals surface area contributed by atoms with Gasteiger partial charge in [0.05, 0.1) is 29.1 Å². The molecular weight excluding hydrogens is 285 g/mol. The van der Waals surface area contributed by atoms with E-state index in [0.29, 0.717) is 22.3 Å². The number of anilines is 1. The standard InChI is InChI=1S/C13H9ClFN3O2/c14-9-2-1-3-10(15)12(9)16-6-11-17-13(20-18-11)8-4-5-19-7-8/h1-5,7,16H,6H2. The third-order valence-corrected chi connectivity index (χ3v) is 2.94. The summed E-state index contributed by atoms with van der Waals surface area (Å²) in [6.45, 7) is 0.196. The van der Waals surface area contributed by atoms with Crippen LogP contribution < -0.4 is 5.32 Å². The molecule has 0 aliphatic carbocycles. The van der Waals surface area contributed by atoms with Crippen LogP contribution in [0.3, 0.4) is 0 Å². The fraction of sp³-hybridized carbons (Fsp3) is 0.0769. The number of halogens is 2. The molecule has 0 atom stereocenters. The van der Waals surface area contributed by atoms with E-state index in [1.165, 1.54) is 24.7 Å². The maximum Gasteiger partial charge on any atom is 0.261 e. The number of hydrogen-bond donors (Lipinski definition) is 1. The Morgan fingerprint density at radius 1 is 1.30 bits per heavy atom. The zero-order valence-corrected chi connectivity index (χ0v) is 10.9. The lowest BCUT2D eigenvalue weighted by Gasteiger charge is -2.06. The molecule has 0 amide bonds. The SMILES string of the molecule is Fc1cccc(Cl)c1NCc1noc(-c2ccoc2)n1. The Morgan fingerprint density at radius 3 is 2.95 bits per heavy atom. The van der Waals surface area contributed by atoms with Gasteiger partial charge in [0, 0.05) is 0 Å². The lowest BCUT2D eigenvalue weighted by molar-refractivity contribution is 0.423. The second-order valence-electron chi connectivity index (χ2n) is 3.98. The van der Waals surface area contributed by atoms with Crippen LogP contribution in [0.2, 0.25) is 5.02 Å². The number of nitrogens with one attached hydrogen (secondary N) is 1. The number of para-hydroxylation sites is 1. The molecule has 5 nitrogen and oxygen atoms in total. The zero-order chi connectivity index (χ0) is 13.9. The van der Waals surface area contributed by atoms with Crippen LogP contribution in [0.5, 0.6) is 0 Å². The number of benzene rings is 1. The average Bonchev–Trinajstić information content (AvgIpc) is 3.09. The molecule has 0 saturated heterocycles. The minimum absolute atomic E-state index is 0.196. The topological polar surface area (TPSA) is 64.1 Å². The molecule has 2 heterocycles. The lowest BCUT2D eigenvalue weighted by Crippen LogP contribution is -2.03. The Hall–Kier alpha value is -2.34. The highest BCUT2D eigenvalue weighted by molar-refractivity contribution is 6.33. The van der Waals surface area contributed by atoms with Crippen molar-refractivity contribution in [3.8, 4) is 11.5 Å². The molecule has 0 unspecified atom stereocenters. The molecule has 20 heavy (non-hydrogen) atoms. The van der Waals surface area contributed by atoms with Crippen molar-refractivity contribution in [1.82, 2.24) is 10.1 Å². The second kappa shape index (κ2) is 5.34. The van der Waals surface area contributed by atoms with Gasteiger partial charge in [-0.1, -0.05) is 22.8 Å². The van der Waals surface area contributed by atoms with E-state index in [1.807, 2.05) is 0 Å². The molecule has 0 aliphatic heterocycles. The van der Waals surface area contributed by atoms with Gasteiger partial charge in [-0.25, -0.2) is 4.39 Å². The van der Waals surface area contributed by atoms with Crippen molar-refractivity contribution >= 4 is 17.3 Å². The van der Waals surface area contributed by atoms with Gasteiger partial charge in [-0.05, 0) is 18.2 Å². The number of hydrogen-bond acceptors (Lipinski definition) is 5. The normalized spacial score (nSPS) is 10.7. The van der Waals surface area contributed by atoms with Gasteiger partial charge in [-0.2, -0.15) is 4.98 Å². The van der Waals surface area contributed by atoms with Crippen LogP contribution >= 0.6 is 11.6 Å². The Kier molecular flexibility index (Phi) is 3.39. The van der Waals surface area contributed by atoms with Crippen LogP contribution in [-0.4, -0.2) is 10.1 Å². The number of rotatable bonds is 4. The molecule has 0 aliphatic rings. The molecule has 2 aromatic heterocycles. The van der Waals surface area contributed by atoms with Gasteiger partial charge in [0.2, 0.25) is 0 Å². The van der Waals surface area contributed by atoms with Crippen molar-refractivity contribution in [2.75, 3.05) is 5.32 Å². The van der Waals surface area contributed by atoms with Gasteiger partial charge in [-0.3, -0.25) is 0 Å². The third-order valence-electron chi connectivity index (χ3n) is 2.62. The average molecular weight is 294 g/mol. The monoisotopic (exact) mass is 293 g/mol. The molecule has 1 aromatic carbocycles. The van der Waals surface area contributed by atoms with E-state index in [2.05, 4.69) is 15.5 Å². The minimum atomic E-state index is -0.434. The van der Waals surface area contributed by atoms with Gasteiger partial charge in [-0.15, -0.1) is 0 Å². The van der Waals surface area contributed by atoms with E-state index in [4.69, 9.17) is 20.5 Å². The fourth-order valence-electron chi connectivity index (χ4n) is 1.66. The van der Waals surface area contributed by atoms with Crippen LogP contribution in [-0.2, 0) is 6.54 Å². The summed E-state index contributed by atoms with van der Waals surface area (Å²) in [6, 6.07) is 6.16. The number of furan rings is 1. The highest BCUT2D eigenvalue weighted by atomic mass is 35.5. The van der Waals surface area contributed by atoms with Gasteiger partial charge >= 0.3 is 0 Å². The summed E-state index contributed by atoms with van der Waals surface area (Å²) >= 11 is 5.90. The fourth-order valence-corrected chi connectivity index (χ4v) is 1.89. The summed E-state index contributed by atoms with van der Waals surface area (Å²) in [5.74, 6) is 0.298. The first kappa shape index (κ1) is 12.7. The quantitative estimate of drug-likeness (QED) is 0.794. The maximum absolute atomic E-state index is 13.6. The molecule has 102 valence electrons. The predicted octanol–water partition coefficient (Wildman–Crippen LogP) is 3.73. The summed E-state index contributed by atoms with van der Waals surface area (Å²) in [4.78, 5) is 4.16. The van der Waals surface area contributed by atoms with E-state index >= 15 is 0 Å². The van der Waals surface area contributed by atoms with E-state index < -0.39 is 5.82 Å². The minimum Gasteiger partial charge on any atom is -0.472 e. The number of nitrogens with zero attached hydrogens (tertiary/aromatic N) is 2. The van der Waals surface area contributed by atoms with Gasteiger partial charge in [0.1, 0.15) is 12.1 Å². The Bertz CT molecular complexity index is 692. The first-order chi connectivity index (χ1) is 9.74. The second-order valence-corrected chi connectivity index (χ2v) is 4.39. The van der Waals surface area contributed by atoms with Crippen LogP contribution in [0.15, 0.2) is 45.7 Å². The summed E-state index contributed by atoms with van der Waals surface area (Å²) < 4.78 is 23.6. The maximum atomic E-state index is 13.6. The van der Waals surface area contributed by atoms with Crippen molar-refractivity contribution in [3.63, 3.8) is 0 Å². The zero-order valence-electron chi connectivity index (χ0n) is 10.1. The molecule has 3 rings (SSSR count). The molecular formula is C13H9ClFN3O2. The molecule has 0 fully saturated rings. The third kappa shape index (κ3) is 2.50. The van der Waals surface area contributed by atoms with Gasteiger partial charge in [0.25, 0.3) is 5.89 Å². The summed E-state index contributed by atoms with van der Waals surface area (Å²) in [5.41, 5.74) is 0.900. The van der Waals surface area contributed by atoms with Crippen molar-refractivity contribution in [1.29, 1.82) is 0 Å². The number of aromatic nitrogens is 2. The summed E-state index contributed by atoms with van der Waals surface area (Å²) in [5, 5.41) is 6.93. The largest absolute Gasteiger partial charge is 0.472 e. The predicted molar refractivity (Wildman–Crippen MR) is 70.7 cm³/mol. The highest BCUT2D eigenvalue weighted by Crippen LogP contribution is 2.25. The molecule has 0 bridgehead atoms. The molecule has 3 aromatic rings. The van der Waals surface area contributed by atoms with E-state index in [0.717, 1.165) is 0 Å². The van der Waals surface area contributed by atoms with Crippen molar-refractivity contribution in [2.24, 2.45) is 0 Å². The van der Waals surface area contributed by atoms with Crippen LogP contribution in [0.25, 0.3) is 11.5 Å². The first-order valence-electron chi connectivity index (χ1n) is 5.77. The molecule has 1 N–H and O–H groups in total. The van der Waals surface area contributed by atoms with E-state index in [-0.39, 0.29) is 12.2 Å². The molecule has 0 spiro atoms. The van der Waals surface area contributed by atoms with Crippen molar-refractivity contribution < 1.29 is 13.3 Å². The van der Waals surface area contributed by atoms with Crippen LogP contribution in [0, 0.1) is 5.82 Å². The molecule has 0 saturated carbocycles. The first-order valence-corrected chi connectivity index (χ1v) is 6.15. The van der Waals surface area contributed by atoms with E-state index in [9.17, 15) is 4.39 Å². The highest BCUT2D eigenvalue weighted by Gasteiger charge is 2.11. The Labute approximate surface area is 118 Å². The van der Waals surface area contributed by atoms with Gasteiger partial charge in [0.15, 0.2) is 5.82 Å². The van der Waals surface area contributed by atoms with Gasteiger partial charge < -0.3 is 14.3 Å². The van der Waals surface area contributed by atoms with Crippen molar-refractivity contribution in [3.05, 3.63) is 53.5 Å².